The lowest BCUT2D eigenvalue weighted by Gasteiger charge is -2.37. The van der Waals surface area contributed by atoms with Gasteiger partial charge in [-0.1, -0.05) is 12.1 Å². The van der Waals surface area contributed by atoms with Crippen molar-refractivity contribution < 1.29 is 33.3 Å². The Morgan fingerprint density at radius 1 is 1.21 bits per heavy atom. The second-order valence-corrected chi connectivity index (χ2v) is 8.25. The molecule has 4 rings (SSSR count). The van der Waals surface area contributed by atoms with Crippen LogP contribution in [0.4, 0.5) is 10.1 Å². The average molecular weight is 458 g/mol. The zero-order chi connectivity index (χ0) is 23.4. The lowest BCUT2D eigenvalue weighted by Crippen LogP contribution is -2.47. The number of hydrogen-bond acceptors (Lipinski definition) is 6. The largest absolute Gasteiger partial charge is 0.487 e. The highest BCUT2D eigenvalue weighted by atomic mass is 19.1. The van der Waals surface area contributed by atoms with E-state index in [0.717, 1.165) is 5.56 Å². The molecule has 9 heteroatoms. The minimum absolute atomic E-state index is 0.0487. The number of rotatable bonds is 8. The maximum atomic E-state index is 13.3. The van der Waals surface area contributed by atoms with E-state index >= 15 is 0 Å². The third-order valence-electron chi connectivity index (χ3n) is 5.85. The standard InChI is InChI=1S/C24H27FN2O6/c1-31-13-23(30)27-16-5-6-20-18(8-16)19-9-17(32-21(12-28)24(19)33-20)10-22(29)26-11-14-3-2-4-15(25)7-14/h2-8,17,19,21,24,28H,9-13H2,1H3,(H,26,29)(H,27,30)/t17-,19-,21-,24+/m0/s1. The Morgan fingerprint density at radius 3 is 2.82 bits per heavy atom. The number of ether oxygens (including phenoxy) is 3. The second kappa shape index (κ2) is 10.3. The van der Waals surface area contributed by atoms with Crippen molar-refractivity contribution >= 4 is 17.5 Å². The molecule has 0 aliphatic carbocycles. The summed E-state index contributed by atoms with van der Waals surface area (Å²) >= 11 is 0. The first-order valence-electron chi connectivity index (χ1n) is 10.8. The molecular weight excluding hydrogens is 431 g/mol. The molecule has 8 nitrogen and oxygen atoms in total. The monoisotopic (exact) mass is 458 g/mol. The number of nitrogens with one attached hydrogen (secondary N) is 2. The van der Waals surface area contributed by atoms with E-state index in [9.17, 15) is 19.1 Å². The van der Waals surface area contributed by atoms with Gasteiger partial charge in [0.05, 0.1) is 19.1 Å². The summed E-state index contributed by atoms with van der Waals surface area (Å²) in [5.74, 6) is -0.258. The number of methoxy groups -OCH3 is 1. The number of aliphatic hydroxyl groups is 1. The quantitative estimate of drug-likeness (QED) is 0.560. The highest BCUT2D eigenvalue weighted by molar-refractivity contribution is 5.92. The van der Waals surface area contributed by atoms with Gasteiger partial charge in [-0.3, -0.25) is 9.59 Å². The molecule has 0 radical (unpaired) electrons. The molecule has 2 heterocycles. The van der Waals surface area contributed by atoms with Gasteiger partial charge in [-0.05, 0) is 42.3 Å². The fraction of sp³-hybridized carbons (Fsp3) is 0.417. The molecule has 2 aliphatic heterocycles. The molecule has 2 aromatic rings. The molecular formula is C24H27FN2O6. The number of anilines is 1. The first-order valence-corrected chi connectivity index (χ1v) is 10.8. The summed E-state index contributed by atoms with van der Waals surface area (Å²) in [6.07, 6.45) is -0.742. The fourth-order valence-corrected chi connectivity index (χ4v) is 4.42. The summed E-state index contributed by atoms with van der Waals surface area (Å²) in [4.78, 5) is 24.4. The highest BCUT2D eigenvalue weighted by Gasteiger charge is 2.46. The van der Waals surface area contributed by atoms with Gasteiger partial charge in [0, 0.05) is 30.8 Å². The van der Waals surface area contributed by atoms with Crippen molar-refractivity contribution in [3.05, 3.63) is 59.4 Å². The van der Waals surface area contributed by atoms with Crippen molar-refractivity contribution in [1.29, 1.82) is 0 Å². The third kappa shape index (κ3) is 5.50. The Morgan fingerprint density at radius 2 is 2.06 bits per heavy atom. The maximum absolute atomic E-state index is 13.3. The molecule has 2 aliphatic rings. The van der Waals surface area contributed by atoms with Crippen molar-refractivity contribution in [2.75, 3.05) is 25.6 Å². The van der Waals surface area contributed by atoms with Crippen LogP contribution < -0.4 is 15.4 Å². The number of halogens is 1. The molecule has 4 atom stereocenters. The zero-order valence-electron chi connectivity index (χ0n) is 18.3. The highest BCUT2D eigenvalue weighted by Crippen LogP contribution is 2.47. The van der Waals surface area contributed by atoms with E-state index in [0.29, 0.717) is 23.4 Å². The van der Waals surface area contributed by atoms with Crippen LogP contribution in [-0.4, -0.2) is 55.6 Å². The SMILES string of the molecule is COCC(=O)Nc1ccc2c(c1)[C@@H]1C[C@@H](CC(=O)NCc3cccc(F)c3)O[C@@H](CO)[C@@H]1O2. The lowest BCUT2D eigenvalue weighted by molar-refractivity contribution is -0.142. The van der Waals surface area contributed by atoms with Crippen LogP contribution in [0.3, 0.4) is 0 Å². The van der Waals surface area contributed by atoms with Gasteiger partial charge in [-0.25, -0.2) is 4.39 Å². The first-order chi connectivity index (χ1) is 16.0. The van der Waals surface area contributed by atoms with Crippen LogP contribution in [0.2, 0.25) is 0 Å². The summed E-state index contributed by atoms with van der Waals surface area (Å²) in [5.41, 5.74) is 2.20. The molecule has 0 unspecified atom stereocenters. The van der Waals surface area contributed by atoms with Crippen LogP contribution in [0.5, 0.6) is 5.75 Å². The molecule has 176 valence electrons. The number of aliphatic hydroxyl groups excluding tert-OH is 1. The molecule has 1 saturated heterocycles. The summed E-state index contributed by atoms with van der Waals surface area (Å²) in [6, 6.07) is 11.4. The summed E-state index contributed by atoms with van der Waals surface area (Å²) in [5, 5.41) is 15.4. The molecule has 0 aromatic heterocycles. The molecule has 0 spiro atoms. The smallest absolute Gasteiger partial charge is 0.250 e. The molecule has 2 amide bonds. The zero-order valence-corrected chi connectivity index (χ0v) is 18.3. The van der Waals surface area contributed by atoms with E-state index in [1.807, 2.05) is 6.07 Å². The molecule has 33 heavy (non-hydrogen) atoms. The predicted octanol–water partition coefficient (Wildman–Crippen LogP) is 2.11. The topological polar surface area (TPSA) is 106 Å². The Balaban J connectivity index is 1.41. The van der Waals surface area contributed by atoms with E-state index < -0.39 is 12.2 Å². The van der Waals surface area contributed by atoms with Crippen LogP contribution >= 0.6 is 0 Å². The number of benzene rings is 2. The van der Waals surface area contributed by atoms with E-state index in [1.54, 1.807) is 24.3 Å². The van der Waals surface area contributed by atoms with Crippen LogP contribution in [0.15, 0.2) is 42.5 Å². The van der Waals surface area contributed by atoms with Gasteiger partial charge in [-0.2, -0.15) is 0 Å². The van der Waals surface area contributed by atoms with Gasteiger partial charge in [0.1, 0.15) is 30.4 Å². The number of carbonyl (C=O) groups excluding carboxylic acids is 2. The summed E-state index contributed by atoms with van der Waals surface area (Å²) in [7, 11) is 1.45. The van der Waals surface area contributed by atoms with Gasteiger partial charge in [-0.15, -0.1) is 0 Å². The van der Waals surface area contributed by atoms with Gasteiger partial charge in [0.25, 0.3) is 0 Å². The number of carbonyl (C=O) groups is 2. The number of amides is 2. The van der Waals surface area contributed by atoms with Crippen LogP contribution in [-0.2, 0) is 25.6 Å². The second-order valence-electron chi connectivity index (χ2n) is 8.25. The minimum atomic E-state index is -0.580. The molecule has 3 N–H and O–H groups in total. The van der Waals surface area contributed by atoms with Crippen LogP contribution in [0.25, 0.3) is 0 Å². The van der Waals surface area contributed by atoms with Crippen LogP contribution in [0.1, 0.15) is 29.9 Å². The Kier molecular flexibility index (Phi) is 7.22. The molecule has 2 aromatic carbocycles. The summed E-state index contributed by atoms with van der Waals surface area (Å²) in [6.45, 7) is -0.0733. The molecule has 0 bridgehead atoms. The average Bonchev–Trinajstić information content (AvgIpc) is 3.15. The maximum Gasteiger partial charge on any atom is 0.250 e. The van der Waals surface area contributed by atoms with E-state index in [-0.39, 0.29) is 55.8 Å². The fourth-order valence-electron chi connectivity index (χ4n) is 4.42. The van der Waals surface area contributed by atoms with Crippen molar-refractivity contribution in [1.82, 2.24) is 5.32 Å². The Hall–Kier alpha value is -3.01. The van der Waals surface area contributed by atoms with E-state index in [1.165, 1.54) is 19.2 Å². The van der Waals surface area contributed by atoms with Crippen molar-refractivity contribution in [2.45, 2.75) is 43.6 Å². The van der Waals surface area contributed by atoms with Crippen molar-refractivity contribution in [3.8, 4) is 5.75 Å². The van der Waals surface area contributed by atoms with Gasteiger partial charge in [0.2, 0.25) is 11.8 Å². The molecule has 1 fully saturated rings. The normalized spacial score (nSPS) is 23.2. The van der Waals surface area contributed by atoms with Gasteiger partial charge < -0.3 is 30.0 Å². The van der Waals surface area contributed by atoms with Crippen LogP contribution in [0, 0.1) is 5.82 Å². The first kappa shape index (κ1) is 23.2. The third-order valence-corrected chi connectivity index (χ3v) is 5.85. The number of hydrogen-bond donors (Lipinski definition) is 3. The summed E-state index contributed by atoms with van der Waals surface area (Å²) < 4.78 is 30.2. The van der Waals surface area contributed by atoms with Crippen molar-refractivity contribution in [3.63, 3.8) is 0 Å². The molecule has 0 saturated carbocycles. The Bertz CT molecular complexity index is 1020. The van der Waals surface area contributed by atoms with E-state index in [4.69, 9.17) is 14.2 Å². The minimum Gasteiger partial charge on any atom is -0.487 e. The van der Waals surface area contributed by atoms with Gasteiger partial charge >= 0.3 is 0 Å². The number of fused-ring (bicyclic) bond motifs is 3. The van der Waals surface area contributed by atoms with Gasteiger partial charge in [0.15, 0.2) is 0 Å². The predicted molar refractivity (Wildman–Crippen MR) is 117 cm³/mol. The Labute approximate surface area is 191 Å². The lowest BCUT2D eigenvalue weighted by atomic mass is 9.84. The van der Waals surface area contributed by atoms with E-state index in [2.05, 4.69) is 10.6 Å². The van der Waals surface area contributed by atoms with Crippen molar-refractivity contribution in [2.24, 2.45) is 0 Å².